The highest BCUT2D eigenvalue weighted by Gasteiger charge is 2.17. The number of hydrogen-bond acceptors (Lipinski definition) is 2. The van der Waals surface area contributed by atoms with Crippen LogP contribution in [0.5, 0.6) is 5.75 Å². The zero-order valence-corrected chi connectivity index (χ0v) is 12.6. The summed E-state index contributed by atoms with van der Waals surface area (Å²) in [5.74, 6) is 1.42. The molecule has 1 aromatic rings. The van der Waals surface area contributed by atoms with Crippen LogP contribution < -0.4 is 4.74 Å². The molecule has 3 nitrogen and oxygen atoms in total. The third-order valence-electron chi connectivity index (χ3n) is 4.12. The van der Waals surface area contributed by atoms with Crippen molar-refractivity contribution in [2.24, 2.45) is 0 Å². The van der Waals surface area contributed by atoms with Crippen LogP contribution in [0.2, 0.25) is 0 Å². The van der Waals surface area contributed by atoms with Gasteiger partial charge >= 0.3 is 0 Å². The molecule has 0 saturated carbocycles. The maximum atomic E-state index is 12.1. The first kappa shape index (κ1) is 14.9. The fraction of sp³-hybridized carbons (Fsp3) is 0.588. The quantitative estimate of drug-likeness (QED) is 0.822. The molecule has 0 N–H and O–H groups in total. The Morgan fingerprint density at radius 2 is 1.95 bits per heavy atom. The van der Waals surface area contributed by atoms with Crippen molar-refractivity contribution in [1.82, 2.24) is 4.90 Å². The van der Waals surface area contributed by atoms with Gasteiger partial charge in [0.2, 0.25) is 0 Å². The summed E-state index contributed by atoms with van der Waals surface area (Å²) < 4.78 is 5.78. The van der Waals surface area contributed by atoms with Gasteiger partial charge in [-0.05, 0) is 43.2 Å². The third-order valence-corrected chi connectivity index (χ3v) is 4.12. The van der Waals surface area contributed by atoms with E-state index in [0.717, 1.165) is 38.1 Å². The normalized spacial score (nSPS) is 16.8. The van der Waals surface area contributed by atoms with E-state index < -0.39 is 0 Å². The van der Waals surface area contributed by atoms with E-state index in [1.807, 2.05) is 23.1 Å². The molecule has 1 aliphatic rings. The van der Waals surface area contributed by atoms with Gasteiger partial charge in [-0.2, -0.15) is 0 Å². The second-order valence-electron chi connectivity index (χ2n) is 5.58. The van der Waals surface area contributed by atoms with E-state index >= 15 is 0 Å². The number of hydrogen-bond donors (Lipinski definition) is 0. The van der Waals surface area contributed by atoms with Crippen LogP contribution in [0.15, 0.2) is 24.3 Å². The van der Waals surface area contributed by atoms with E-state index in [1.54, 1.807) is 0 Å². The van der Waals surface area contributed by atoms with Crippen LogP contribution in [0.25, 0.3) is 0 Å². The van der Waals surface area contributed by atoms with Crippen molar-refractivity contribution in [1.29, 1.82) is 0 Å². The second kappa shape index (κ2) is 7.32. The number of ether oxygens (including phenoxy) is 1. The Bertz CT molecular complexity index is 438. The van der Waals surface area contributed by atoms with E-state index in [-0.39, 0.29) is 12.5 Å². The van der Waals surface area contributed by atoms with Gasteiger partial charge in [0.25, 0.3) is 5.91 Å². The molecule has 20 heavy (non-hydrogen) atoms. The molecule has 1 aromatic carbocycles. The summed E-state index contributed by atoms with van der Waals surface area (Å²) in [7, 11) is 0. The Morgan fingerprint density at radius 3 is 2.65 bits per heavy atom. The molecule has 0 radical (unpaired) electrons. The maximum Gasteiger partial charge on any atom is 0.260 e. The fourth-order valence-corrected chi connectivity index (χ4v) is 2.61. The number of benzene rings is 1. The van der Waals surface area contributed by atoms with Crippen LogP contribution in [-0.2, 0) is 4.79 Å². The smallest absolute Gasteiger partial charge is 0.260 e. The Kier molecular flexibility index (Phi) is 5.45. The molecule has 1 unspecified atom stereocenters. The average molecular weight is 275 g/mol. The number of amides is 1. The fourth-order valence-electron chi connectivity index (χ4n) is 2.61. The zero-order chi connectivity index (χ0) is 14.4. The van der Waals surface area contributed by atoms with Crippen LogP contribution in [0.4, 0.5) is 0 Å². The average Bonchev–Trinajstić information content (AvgIpc) is 2.53. The minimum atomic E-state index is 0.114. The summed E-state index contributed by atoms with van der Waals surface area (Å²) in [6.45, 7) is 6.28. The monoisotopic (exact) mass is 275 g/mol. The molecule has 0 spiro atoms. The number of likely N-dealkylation sites (tertiary alicyclic amines) is 1. The van der Waals surface area contributed by atoms with Gasteiger partial charge in [-0.3, -0.25) is 4.79 Å². The number of carbonyl (C=O) groups is 1. The van der Waals surface area contributed by atoms with Gasteiger partial charge in [-0.1, -0.05) is 32.0 Å². The molecule has 1 atom stereocenters. The van der Waals surface area contributed by atoms with Crippen molar-refractivity contribution < 1.29 is 9.53 Å². The maximum absolute atomic E-state index is 12.1. The minimum absolute atomic E-state index is 0.114. The number of carbonyl (C=O) groups excluding carboxylic acids is 1. The zero-order valence-electron chi connectivity index (χ0n) is 12.6. The lowest BCUT2D eigenvalue weighted by Crippen LogP contribution is -2.38. The van der Waals surface area contributed by atoms with Crippen molar-refractivity contribution in [2.75, 3.05) is 19.7 Å². The first-order valence-electron chi connectivity index (χ1n) is 7.72. The highest BCUT2D eigenvalue weighted by Crippen LogP contribution is 2.28. The number of rotatable bonds is 5. The largest absolute Gasteiger partial charge is 0.483 e. The summed E-state index contributed by atoms with van der Waals surface area (Å²) in [6, 6.07) is 8.05. The van der Waals surface area contributed by atoms with Gasteiger partial charge in [0.1, 0.15) is 5.75 Å². The lowest BCUT2D eigenvalue weighted by atomic mass is 9.98. The number of nitrogens with zero attached hydrogens (tertiary/aromatic N) is 1. The van der Waals surface area contributed by atoms with Gasteiger partial charge in [0.05, 0.1) is 0 Å². The van der Waals surface area contributed by atoms with E-state index in [2.05, 4.69) is 19.9 Å². The van der Waals surface area contributed by atoms with Crippen LogP contribution in [-0.4, -0.2) is 30.5 Å². The standard InChI is InChI=1S/C17H25NO2/c1-3-14(2)15-9-5-6-10-16(15)20-13-17(19)18-11-7-4-8-12-18/h5-6,9-10,14H,3-4,7-8,11-13H2,1-2H3. The second-order valence-corrected chi connectivity index (χ2v) is 5.58. The minimum Gasteiger partial charge on any atom is -0.483 e. The predicted octanol–water partition coefficient (Wildman–Crippen LogP) is 3.59. The highest BCUT2D eigenvalue weighted by molar-refractivity contribution is 5.77. The summed E-state index contributed by atoms with van der Waals surface area (Å²) in [5.41, 5.74) is 1.20. The van der Waals surface area contributed by atoms with Crippen molar-refractivity contribution in [3.8, 4) is 5.75 Å². The highest BCUT2D eigenvalue weighted by atomic mass is 16.5. The van der Waals surface area contributed by atoms with Crippen LogP contribution in [0.3, 0.4) is 0 Å². The van der Waals surface area contributed by atoms with Crippen LogP contribution in [0.1, 0.15) is 51.0 Å². The number of para-hydroxylation sites is 1. The Labute approximate surface area is 121 Å². The third kappa shape index (κ3) is 3.75. The van der Waals surface area contributed by atoms with E-state index in [0.29, 0.717) is 5.92 Å². The van der Waals surface area contributed by atoms with Gasteiger partial charge in [-0.25, -0.2) is 0 Å². The molecule has 2 rings (SSSR count). The van der Waals surface area contributed by atoms with Gasteiger partial charge < -0.3 is 9.64 Å². The lowest BCUT2D eigenvalue weighted by molar-refractivity contribution is -0.134. The van der Waals surface area contributed by atoms with Crippen molar-refractivity contribution >= 4 is 5.91 Å². The molecule has 3 heteroatoms. The lowest BCUT2D eigenvalue weighted by Gasteiger charge is -2.27. The summed E-state index contributed by atoms with van der Waals surface area (Å²) in [6.07, 6.45) is 4.55. The first-order valence-corrected chi connectivity index (χ1v) is 7.72. The SMILES string of the molecule is CCC(C)c1ccccc1OCC(=O)N1CCCCC1. The Morgan fingerprint density at radius 1 is 1.25 bits per heavy atom. The van der Waals surface area contributed by atoms with E-state index in [4.69, 9.17) is 4.74 Å². The van der Waals surface area contributed by atoms with Gasteiger partial charge in [0.15, 0.2) is 6.61 Å². The van der Waals surface area contributed by atoms with Crippen molar-refractivity contribution in [2.45, 2.75) is 45.4 Å². The molecule has 1 amide bonds. The molecule has 1 aliphatic heterocycles. The van der Waals surface area contributed by atoms with Crippen LogP contribution >= 0.6 is 0 Å². The summed E-state index contributed by atoms with van der Waals surface area (Å²) >= 11 is 0. The first-order chi connectivity index (χ1) is 9.72. The van der Waals surface area contributed by atoms with Crippen molar-refractivity contribution in [3.63, 3.8) is 0 Å². The predicted molar refractivity (Wildman–Crippen MR) is 81.1 cm³/mol. The Hall–Kier alpha value is -1.51. The number of piperidine rings is 1. The molecule has 0 aromatic heterocycles. The molecular formula is C17H25NO2. The topological polar surface area (TPSA) is 29.5 Å². The molecule has 0 aliphatic carbocycles. The molecule has 0 bridgehead atoms. The van der Waals surface area contributed by atoms with Crippen LogP contribution in [0, 0.1) is 0 Å². The Balaban J connectivity index is 1.94. The summed E-state index contributed by atoms with van der Waals surface area (Å²) in [5, 5.41) is 0. The molecule has 1 fully saturated rings. The van der Waals surface area contributed by atoms with E-state index in [1.165, 1.54) is 12.0 Å². The van der Waals surface area contributed by atoms with Crippen molar-refractivity contribution in [3.05, 3.63) is 29.8 Å². The molecular weight excluding hydrogens is 250 g/mol. The molecule has 110 valence electrons. The van der Waals surface area contributed by atoms with E-state index in [9.17, 15) is 4.79 Å². The molecule has 1 saturated heterocycles. The summed E-state index contributed by atoms with van der Waals surface area (Å²) in [4.78, 5) is 14.0. The van der Waals surface area contributed by atoms with Gasteiger partial charge in [-0.15, -0.1) is 0 Å². The van der Waals surface area contributed by atoms with Gasteiger partial charge in [0, 0.05) is 13.1 Å². The molecule has 1 heterocycles.